The molecule has 0 aliphatic heterocycles. The molecule has 152 valence electrons. The highest BCUT2D eigenvalue weighted by Crippen LogP contribution is 2.30. The lowest BCUT2D eigenvalue weighted by atomic mass is 10.2. The Morgan fingerprint density at radius 3 is 2.72 bits per heavy atom. The van der Waals surface area contributed by atoms with Gasteiger partial charge in [0.2, 0.25) is 11.6 Å². The van der Waals surface area contributed by atoms with Crippen LogP contribution in [0, 0.1) is 6.92 Å². The van der Waals surface area contributed by atoms with Crippen molar-refractivity contribution in [2.24, 2.45) is 0 Å². The van der Waals surface area contributed by atoms with E-state index in [-0.39, 0.29) is 10.9 Å². The molecule has 29 heavy (non-hydrogen) atoms. The van der Waals surface area contributed by atoms with Crippen molar-refractivity contribution >= 4 is 35.0 Å². The molecule has 1 unspecified atom stereocenters. The second-order valence-electron chi connectivity index (χ2n) is 6.24. The molecule has 1 atom stereocenters. The van der Waals surface area contributed by atoms with Crippen LogP contribution in [0.3, 0.4) is 0 Å². The molecule has 3 aromatic rings. The number of carbonyl (C=O) groups excluding carboxylic acids is 1. The molecule has 0 bridgehead atoms. The van der Waals surface area contributed by atoms with Gasteiger partial charge in [0, 0.05) is 22.8 Å². The zero-order chi connectivity index (χ0) is 21.0. The fourth-order valence-corrected chi connectivity index (χ4v) is 3.77. The zero-order valence-electron chi connectivity index (χ0n) is 16.1. The summed E-state index contributed by atoms with van der Waals surface area (Å²) in [4.78, 5) is 12.8. The van der Waals surface area contributed by atoms with Crippen LogP contribution in [0.15, 0.2) is 52.0 Å². The van der Waals surface area contributed by atoms with Gasteiger partial charge in [0.25, 0.3) is 5.03 Å². The minimum Gasteiger partial charge on any atom is -0.538 e. The monoisotopic (exact) mass is 433 g/mol. The van der Waals surface area contributed by atoms with E-state index in [0.717, 1.165) is 17.3 Å². The summed E-state index contributed by atoms with van der Waals surface area (Å²) in [5.41, 5.74) is 2.16. The van der Waals surface area contributed by atoms with Gasteiger partial charge in [-0.1, -0.05) is 24.6 Å². The first-order chi connectivity index (χ1) is 13.9. The van der Waals surface area contributed by atoms with E-state index >= 15 is 0 Å². The van der Waals surface area contributed by atoms with Gasteiger partial charge in [0.1, 0.15) is 5.75 Å². The zero-order valence-corrected chi connectivity index (χ0v) is 17.7. The number of benzene rings is 2. The smallest absolute Gasteiger partial charge is 0.298 e. The van der Waals surface area contributed by atoms with Crippen molar-refractivity contribution < 1.29 is 23.8 Å². The van der Waals surface area contributed by atoms with Crippen LogP contribution in [-0.4, -0.2) is 23.5 Å². The highest BCUT2D eigenvalue weighted by Gasteiger charge is 2.28. The van der Waals surface area contributed by atoms with Gasteiger partial charge in [-0.05, 0) is 59.6 Å². The Hall–Kier alpha value is -2.71. The molecular weight excluding hydrogens is 414 g/mol. The van der Waals surface area contributed by atoms with E-state index in [2.05, 4.69) is 10.6 Å². The van der Waals surface area contributed by atoms with Crippen molar-refractivity contribution in [3.05, 3.63) is 53.1 Å². The van der Waals surface area contributed by atoms with Gasteiger partial charge in [0.15, 0.2) is 5.95 Å². The highest BCUT2D eigenvalue weighted by molar-refractivity contribution is 8.00. The minimum atomic E-state index is -0.601. The number of amides is 1. The number of thioether (sulfide) groups is 1. The van der Waals surface area contributed by atoms with Crippen molar-refractivity contribution in [3.63, 3.8) is 0 Å². The summed E-state index contributed by atoms with van der Waals surface area (Å²) in [5.74, 6) is -0.155. The average Bonchev–Trinajstić information content (AvgIpc) is 3.09. The Morgan fingerprint density at radius 1 is 1.34 bits per heavy atom. The van der Waals surface area contributed by atoms with E-state index in [9.17, 15) is 9.90 Å². The molecule has 0 saturated carbocycles. The molecule has 3 rings (SSSR count). The van der Waals surface area contributed by atoms with Crippen LogP contribution < -0.4 is 19.8 Å². The van der Waals surface area contributed by atoms with E-state index < -0.39 is 11.2 Å². The Kier molecular flexibility index (Phi) is 6.66. The normalized spacial score (nSPS) is 11.9. The molecule has 0 aliphatic rings. The van der Waals surface area contributed by atoms with E-state index in [1.54, 1.807) is 43.5 Å². The SMILES string of the molecule is CCC(Sc1c([O-])on[n+]1-c1ccc(OC)cc1)C(=O)Nc1cc(Cl)ccc1C. The molecule has 1 N–H and O–H groups in total. The van der Waals surface area contributed by atoms with Crippen molar-refractivity contribution in [2.75, 3.05) is 12.4 Å². The minimum absolute atomic E-state index is 0.222. The second-order valence-corrected chi connectivity index (χ2v) is 7.87. The van der Waals surface area contributed by atoms with Gasteiger partial charge >= 0.3 is 0 Å². The van der Waals surface area contributed by atoms with Gasteiger partial charge in [-0.3, -0.25) is 4.79 Å². The number of nitrogens with one attached hydrogen (secondary N) is 1. The van der Waals surface area contributed by atoms with Gasteiger partial charge in [-0.25, -0.2) is 0 Å². The van der Waals surface area contributed by atoms with Crippen LogP contribution in [-0.2, 0) is 4.79 Å². The van der Waals surface area contributed by atoms with Crippen molar-refractivity contribution in [2.45, 2.75) is 30.5 Å². The predicted octanol–water partition coefficient (Wildman–Crippen LogP) is 3.50. The lowest BCUT2D eigenvalue weighted by Crippen LogP contribution is -2.36. The number of rotatable bonds is 7. The number of hydrogen-bond acceptors (Lipinski definition) is 6. The summed E-state index contributed by atoms with van der Waals surface area (Å²) in [6.45, 7) is 3.76. The maximum Gasteiger partial charge on any atom is 0.298 e. The molecule has 0 aliphatic carbocycles. The van der Waals surface area contributed by atoms with E-state index in [1.165, 1.54) is 4.68 Å². The Balaban J connectivity index is 1.82. The number of aryl methyl sites for hydroxylation is 1. The summed E-state index contributed by atoms with van der Waals surface area (Å²) >= 11 is 7.14. The summed E-state index contributed by atoms with van der Waals surface area (Å²) in [5, 5.41) is 19.2. The molecular formula is C20H20ClN3O4S. The maximum absolute atomic E-state index is 12.8. The topological polar surface area (TPSA) is 91.3 Å². The molecule has 2 aromatic carbocycles. The average molecular weight is 434 g/mol. The summed E-state index contributed by atoms with van der Waals surface area (Å²) in [6.07, 6.45) is 0.503. The van der Waals surface area contributed by atoms with Crippen LogP contribution in [0.25, 0.3) is 5.69 Å². The number of aromatic nitrogens is 2. The quantitative estimate of drug-likeness (QED) is 0.453. The first-order valence-electron chi connectivity index (χ1n) is 8.90. The fourth-order valence-electron chi connectivity index (χ4n) is 2.63. The lowest BCUT2D eigenvalue weighted by molar-refractivity contribution is -0.705. The molecule has 1 amide bonds. The molecule has 0 radical (unpaired) electrons. The summed E-state index contributed by atoms with van der Waals surface area (Å²) in [7, 11) is 1.57. The van der Waals surface area contributed by atoms with Crippen molar-refractivity contribution in [1.82, 2.24) is 5.27 Å². The number of carbonyl (C=O) groups is 1. The summed E-state index contributed by atoms with van der Waals surface area (Å²) < 4.78 is 11.4. The molecule has 9 heteroatoms. The number of halogens is 1. The largest absolute Gasteiger partial charge is 0.538 e. The Bertz CT molecular complexity index is 1010. The van der Waals surface area contributed by atoms with Crippen molar-refractivity contribution in [1.29, 1.82) is 0 Å². The molecule has 0 saturated heterocycles. The van der Waals surface area contributed by atoms with Crippen molar-refractivity contribution in [3.8, 4) is 17.4 Å². The van der Waals surface area contributed by atoms with E-state index in [1.807, 2.05) is 19.9 Å². The fraction of sp³-hybridized carbons (Fsp3) is 0.250. The van der Waals surface area contributed by atoms with Crippen LogP contribution in [0.2, 0.25) is 5.02 Å². The highest BCUT2D eigenvalue weighted by atomic mass is 35.5. The lowest BCUT2D eigenvalue weighted by Gasteiger charge is -2.14. The number of methoxy groups -OCH3 is 1. The van der Waals surface area contributed by atoms with Crippen LogP contribution >= 0.6 is 23.4 Å². The predicted molar refractivity (Wildman–Crippen MR) is 109 cm³/mol. The van der Waals surface area contributed by atoms with Crippen LogP contribution in [0.5, 0.6) is 11.7 Å². The number of nitrogens with zero attached hydrogens (tertiary/aromatic N) is 2. The van der Waals surface area contributed by atoms with Gasteiger partial charge < -0.3 is 19.7 Å². The third-order valence-electron chi connectivity index (χ3n) is 4.26. The van der Waals surface area contributed by atoms with Gasteiger partial charge in [-0.2, -0.15) is 0 Å². The third kappa shape index (κ3) is 4.83. The van der Waals surface area contributed by atoms with Crippen LogP contribution in [0.1, 0.15) is 18.9 Å². The first kappa shape index (κ1) is 21.0. The molecule has 7 nitrogen and oxygen atoms in total. The number of ether oxygens (including phenoxy) is 1. The van der Waals surface area contributed by atoms with E-state index in [0.29, 0.717) is 28.6 Å². The Labute approximate surface area is 177 Å². The first-order valence-corrected chi connectivity index (χ1v) is 10.2. The summed E-state index contributed by atoms with van der Waals surface area (Å²) in [6, 6.07) is 12.3. The van der Waals surface area contributed by atoms with E-state index in [4.69, 9.17) is 20.9 Å². The third-order valence-corrected chi connectivity index (χ3v) is 5.89. The molecule has 0 fully saturated rings. The van der Waals surface area contributed by atoms with Gasteiger partial charge in [0.05, 0.1) is 17.6 Å². The van der Waals surface area contributed by atoms with Crippen LogP contribution in [0.4, 0.5) is 5.69 Å². The Morgan fingerprint density at radius 2 is 2.07 bits per heavy atom. The number of hydrogen-bond donors (Lipinski definition) is 1. The molecule has 1 aromatic heterocycles. The molecule has 0 spiro atoms. The maximum atomic E-state index is 12.8. The standard InChI is InChI=1S/C20H20ClN3O4S/c1-4-17(18(25)22-16-11-13(21)6-5-12(16)2)29-19-20(26)28-23-24(19)14-7-9-15(27-3)10-8-14/h5-11,17H,4H2,1-3H3,(H-,22,23,25,26). The number of anilines is 1. The van der Waals surface area contributed by atoms with Gasteiger partial charge in [-0.15, -0.1) is 0 Å². The second kappa shape index (κ2) is 9.19. The molecule has 1 heterocycles.